The van der Waals surface area contributed by atoms with E-state index in [-0.39, 0.29) is 5.75 Å². The number of aromatic nitrogens is 1. The highest BCUT2D eigenvalue weighted by atomic mass is 32.2. The Labute approximate surface area is 102 Å². The van der Waals surface area contributed by atoms with E-state index < -0.39 is 0 Å². The van der Waals surface area contributed by atoms with Crippen LogP contribution in [-0.4, -0.2) is 28.6 Å². The minimum Gasteiger partial charge on any atom is -0.506 e. The summed E-state index contributed by atoms with van der Waals surface area (Å²) in [5.41, 5.74) is 1.67. The molecule has 90 valence electrons. The Kier molecular flexibility index (Phi) is 5.63. The molecule has 0 saturated carbocycles. The summed E-state index contributed by atoms with van der Waals surface area (Å²) in [5.74, 6) is 2.07. The number of nitrogens with one attached hydrogen (secondary N) is 1. The summed E-state index contributed by atoms with van der Waals surface area (Å²) in [6, 6.07) is 3.51. The molecule has 0 spiro atoms. The molecule has 1 atom stereocenters. The van der Waals surface area contributed by atoms with Crippen molar-refractivity contribution in [1.82, 2.24) is 10.3 Å². The summed E-state index contributed by atoms with van der Waals surface area (Å²) < 4.78 is 0. The van der Waals surface area contributed by atoms with Crippen molar-refractivity contribution in [3.8, 4) is 5.75 Å². The van der Waals surface area contributed by atoms with Crippen LogP contribution in [0.3, 0.4) is 0 Å². The van der Waals surface area contributed by atoms with Crippen molar-refractivity contribution in [1.29, 1.82) is 0 Å². The van der Waals surface area contributed by atoms with Gasteiger partial charge >= 0.3 is 0 Å². The van der Waals surface area contributed by atoms with Crippen LogP contribution in [0.1, 0.15) is 18.3 Å². The average molecular weight is 240 g/mol. The number of aromatic hydroxyl groups is 1. The van der Waals surface area contributed by atoms with Gasteiger partial charge in [0.15, 0.2) is 0 Å². The van der Waals surface area contributed by atoms with Gasteiger partial charge in [0.2, 0.25) is 0 Å². The largest absolute Gasteiger partial charge is 0.506 e. The highest BCUT2D eigenvalue weighted by Crippen LogP contribution is 2.14. The lowest BCUT2D eigenvalue weighted by Gasteiger charge is -2.11. The zero-order chi connectivity index (χ0) is 12.0. The van der Waals surface area contributed by atoms with Gasteiger partial charge in [-0.1, -0.05) is 6.92 Å². The molecule has 1 unspecified atom stereocenters. The Morgan fingerprint density at radius 2 is 2.25 bits per heavy atom. The van der Waals surface area contributed by atoms with Gasteiger partial charge in [-0.15, -0.1) is 0 Å². The fraction of sp³-hybridized carbons (Fsp3) is 0.583. The molecule has 0 amide bonds. The number of pyridine rings is 1. The lowest BCUT2D eigenvalue weighted by molar-refractivity contribution is 0.455. The first kappa shape index (κ1) is 13.3. The minimum absolute atomic E-state index is 0.274. The van der Waals surface area contributed by atoms with Crippen molar-refractivity contribution in [2.75, 3.05) is 18.6 Å². The highest BCUT2D eigenvalue weighted by molar-refractivity contribution is 7.98. The standard InChI is InChI=1S/C12H20N2OS/c1-9(8-16-3)6-13-7-11-12(15)5-4-10(2)14-11/h4-5,9,13,15H,6-8H2,1-3H3. The summed E-state index contributed by atoms with van der Waals surface area (Å²) in [6.07, 6.45) is 2.12. The van der Waals surface area contributed by atoms with Crippen LogP contribution in [0.25, 0.3) is 0 Å². The average Bonchev–Trinajstić information content (AvgIpc) is 2.23. The highest BCUT2D eigenvalue weighted by Gasteiger charge is 2.04. The van der Waals surface area contributed by atoms with Crippen LogP contribution < -0.4 is 5.32 Å². The van der Waals surface area contributed by atoms with Gasteiger partial charge in [-0.3, -0.25) is 4.98 Å². The Morgan fingerprint density at radius 3 is 2.94 bits per heavy atom. The van der Waals surface area contributed by atoms with Crippen molar-refractivity contribution in [2.45, 2.75) is 20.4 Å². The second kappa shape index (κ2) is 6.76. The number of hydrogen-bond acceptors (Lipinski definition) is 4. The molecule has 0 aromatic carbocycles. The normalized spacial score (nSPS) is 12.7. The number of hydrogen-bond donors (Lipinski definition) is 2. The lowest BCUT2D eigenvalue weighted by Crippen LogP contribution is -2.22. The molecule has 2 N–H and O–H groups in total. The number of aryl methyl sites for hydroxylation is 1. The Hall–Kier alpha value is -0.740. The van der Waals surface area contributed by atoms with E-state index in [2.05, 4.69) is 23.5 Å². The van der Waals surface area contributed by atoms with E-state index in [1.165, 1.54) is 0 Å². The lowest BCUT2D eigenvalue weighted by atomic mass is 10.2. The molecule has 0 bridgehead atoms. The summed E-state index contributed by atoms with van der Waals surface area (Å²) in [5, 5.41) is 12.9. The topological polar surface area (TPSA) is 45.2 Å². The van der Waals surface area contributed by atoms with E-state index in [0.717, 1.165) is 23.7 Å². The van der Waals surface area contributed by atoms with E-state index in [4.69, 9.17) is 0 Å². The van der Waals surface area contributed by atoms with Gasteiger partial charge in [0, 0.05) is 12.2 Å². The number of nitrogens with zero attached hydrogens (tertiary/aromatic N) is 1. The maximum Gasteiger partial charge on any atom is 0.138 e. The summed E-state index contributed by atoms with van der Waals surface area (Å²) in [7, 11) is 0. The van der Waals surface area contributed by atoms with Crippen LogP contribution in [-0.2, 0) is 6.54 Å². The molecule has 3 nitrogen and oxygen atoms in total. The van der Waals surface area contributed by atoms with Crippen molar-refractivity contribution in [2.24, 2.45) is 5.92 Å². The third kappa shape index (κ3) is 4.41. The van der Waals surface area contributed by atoms with Gasteiger partial charge in [-0.2, -0.15) is 11.8 Å². The SMILES string of the molecule is CSCC(C)CNCc1nc(C)ccc1O. The number of thioether (sulfide) groups is 1. The molecule has 1 heterocycles. The van der Waals surface area contributed by atoms with Crippen LogP contribution in [0.5, 0.6) is 5.75 Å². The summed E-state index contributed by atoms with van der Waals surface area (Å²) in [6.45, 7) is 5.73. The fourth-order valence-corrected chi connectivity index (χ4v) is 2.20. The number of rotatable bonds is 6. The van der Waals surface area contributed by atoms with Gasteiger partial charge in [-0.05, 0) is 43.5 Å². The van der Waals surface area contributed by atoms with Crippen LogP contribution in [0.4, 0.5) is 0 Å². The summed E-state index contributed by atoms with van der Waals surface area (Å²) >= 11 is 1.86. The van der Waals surface area contributed by atoms with E-state index >= 15 is 0 Å². The van der Waals surface area contributed by atoms with Crippen molar-refractivity contribution in [3.05, 3.63) is 23.5 Å². The van der Waals surface area contributed by atoms with Crippen molar-refractivity contribution >= 4 is 11.8 Å². The molecule has 0 aliphatic carbocycles. The van der Waals surface area contributed by atoms with Gasteiger partial charge < -0.3 is 10.4 Å². The van der Waals surface area contributed by atoms with Crippen LogP contribution >= 0.6 is 11.8 Å². The molecule has 1 aromatic rings. The molecule has 16 heavy (non-hydrogen) atoms. The monoisotopic (exact) mass is 240 g/mol. The van der Waals surface area contributed by atoms with Crippen LogP contribution in [0.15, 0.2) is 12.1 Å². The molecular weight excluding hydrogens is 220 g/mol. The third-order valence-electron chi connectivity index (χ3n) is 2.33. The van der Waals surface area contributed by atoms with E-state index in [1.54, 1.807) is 6.07 Å². The van der Waals surface area contributed by atoms with E-state index in [9.17, 15) is 5.11 Å². The molecule has 0 aliphatic heterocycles. The van der Waals surface area contributed by atoms with Gasteiger partial charge in [0.25, 0.3) is 0 Å². The minimum atomic E-state index is 0.274. The van der Waals surface area contributed by atoms with E-state index in [0.29, 0.717) is 12.5 Å². The molecule has 1 rings (SSSR count). The maximum atomic E-state index is 9.60. The predicted octanol–water partition coefficient (Wildman–Crippen LogP) is 2.18. The van der Waals surface area contributed by atoms with Gasteiger partial charge in [0.1, 0.15) is 5.75 Å². The zero-order valence-electron chi connectivity index (χ0n) is 10.2. The van der Waals surface area contributed by atoms with Crippen LogP contribution in [0.2, 0.25) is 0 Å². The first-order valence-corrected chi connectivity index (χ1v) is 6.88. The molecule has 0 fully saturated rings. The Balaban J connectivity index is 2.39. The van der Waals surface area contributed by atoms with E-state index in [1.807, 2.05) is 24.8 Å². The van der Waals surface area contributed by atoms with Crippen molar-refractivity contribution in [3.63, 3.8) is 0 Å². The van der Waals surface area contributed by atoms with Crippen LogP contribution in [0, 0.1) is 12.8 Å². The molecular formula is C12H20N2OS. The smallest absolute Gasteiger partial charge is 0.138 e. The molecule has 1 aromatic heterocycles. The molecule has 4 heteroatoms. The zero-order valence-corrected chi connectivity index (χ0v) is 11.0. The quantitative estimate of drug-likeness (QED) is 0.800. The molecule has 0 saturated heterocycles. The van der Waals surface area contributed by atoms with Gasteiger partial charge in [0.05, 0.1) is 5.69 Å². The fourth-order valence-electron chi connectivity index (χ4n) is 1.51. The second-order valence-electron chi connectivity index (χ2n) is 4.11. The third-order valence-corrected chi connectivity index (χ3v) is 3.23. The van der Waals surface area contributed by atoms with Gasteiger partial charge in [-0.25, -0.2) is 0 Å². The maximum absolute atomic E-state index is 9.60. The predicted molar refractivity (Wildman–Crippen MR) is 69.9 cm³/mol. The second-order valence-corrected chi connectivity index (χ2v) is 5.02. The summed E-state index contributed by atoms with van der Waals surface area (Å²) in [4.78, 5) is 4.30. The first-order chi connectivity index (χ1) is 7.63. The first-order valence-electron chi connectivity index (χ1n) is 5.48. The Bertz CT molecular complexity index is 331. The van der Waals surface area contributed by atoms with Crippen molar-refractivity contribution < 1.29 is 5.11 Å². The molecule has 0 radical (unpaired) electrons. The molecule has 0 aliphatic rings. The Morgan fingerprint density at radius 1 is 1.50 bits per heavy atom.